The molecule has 1 aliphatic heterocycles. The average Bonchev–Trinajstić information content (AvgIpc) is 2.28. The molecule has 1 heterocycles. The SMILES string of the molecule is C[C@H](O)c1cccc(F)c1N1CCNC(=O)C1. The van der Waals surface area contributed by atoms with Gasteiger partial charge in [0.2, 0.25) is 5.91 Å². The van der Waals surface area contributed by atoms with Crippen molar-refractivity contribution in [1.82, 2.24) is 5.32 Å². The van der Waals surface area contributed by atoms with Crippen molar-refractivity contribution in [2.45, 2.75) is 13.0 Å². The Labute approximate surface area is 99.0 Å². The van der Waals surface area contributed by atoms with Gasteiger partial charge in [-0.25, -0.2) is 4.39 Å². The zero-order valence-corrected chi connectivity index (χ0v) is 9.61. The van der Waals surface area contributed by atoms with Crippen LogP contribution in [0.1, 0.15) is 18.6 Å². The van der Waals surface area contributed by atoms with Crippen molar-refractivity contribution in [2.75, 3.05) is 24.5 Å². The van der Waals surface area contributed by atoms with Gasteiger partial charge in [-0.15, -0.1) is 0 Å². The molecule has 0 unspecified atom stereocenters. The Kier molecular flexibility index (Phi) is 3.28. The molecule has 4 nitrogen and oxygen atoms in total. The van der Waals surface area contributed by atoms with Crippen LogP contribution in [-0.2, 0) is 4.79 Å². The Balaban J connectivity index is 2.39. The summed E-state index contributed by atoms with van der Waals surface area (Å²) in [4.78, 5) is 13.0. The van der Waals surface area contributed by atoms with Gasteiger partial charge in [0.25, 0.3) is 0 Å². The van der Waals surface area contributed by atoms with Crippen molar-refractivity contribution in [3.05, 3.63) is 29.6 Å². The predicted octanol–water partition coefficient (Wildman–Crippen LogP) is 0.815. The molecule has 0 aromatic heterocycles. The minimum absolute atomic E-state index is 0.126. The number of hydrogen-bond donors (Lipinski definition) is 2. The van der Waals surface area contributed by atoms with Gasteiger partial charge < -0.3 is 15.3 Å². The van der Waals surface area contributed by atoms with Crippen LogP contribution >= 0.6 is 0 Å². The summed E-state index contributed by atoms with van der Waals surface area (Å²) in [7, 11) is 0. The van der Waals surface area contributed by atoms with E-state index in [1.54, 1.807) is 24.0 Å². The summed E-state index contributed by atoms with van der Waals surface area (Å²) in [5, 5.41) is 12.3. The van der Waals surface area contributed by atoms with Gasteiger partial charge in [0.15, 0.2) is 0 Å². The van der Waals surface area contributed by atoms with Crippen LogP contribution in [0, 0.1) is 5.82 Å². The number of carbonyl (C=O) groups is 1. The maximum atomic E-state index is 13.8. The van der Waals surface area contributed by atoms with Crippen LogP contribution in [-0.4, -0.2) is 30.6 Å². The molecule has 17 heavy (non-hydrogen) atoms. The summed E-state index contributed by atoms with van der Waals surface area (Å²) in [6, 6.07) is 4.58. The first-order chi connectivity index (χ1) is 8.09. The number of aliphatic hydroxyl groups excluding tert-OH is 1. The molecule has 0 spiro atoms. The van der Waals surface area contributed by atoms with Gasteiger partial charge >= 0.3 is 0 Å². The van der Waals surface area contributed by atoms with E-state index in [1.807, 2.05) is 0 Å². The molecule has 92 valence electrons. The summed E-state index contributed by atoms with van der Waals surface area (Å²) in [5.74, 6) is -0.533. The lowest BCUT2D eigenvalue weighted by Crippen LogP contribution is -2.48. The van der Waals surface area contributed by atoms with Gasteiger partial charge in [-0.05, 0) is 13.0 Å². The van der Waals surface area contributed by atoms with Crippen molar-refractivity contribution in [1.29, 1.82) is 0 Å². The lowest BCUT2D eigenvalue weighted by molar-refractivity contribution is -0.120. The topological polar surface area (TPSA) is 52.6 Å². The largest absolute Gasteiger partial charge is 0.389 e. The van der Waals surface area contributed by atoms with Gasteiger partial charge in [0, 0.05) is 18.7 Å². The van der Waals surface area contributed by atoms with E-state index in [0.29, 0.717) is 24.3 Å². The summed E-state index contributed by atoms with van der Waals surface area (Å²) >= 11 is 0. The first kappa shape index (κ1) is 11.9. The standard InChI is InChI=1S/C12H15FN2O2/c1-8(16)9-3-2-4-10(13)12(9)15-6-5-14-11(17)7-15/h2-4,8,16H,5-7H2,1H3,(H,14,17)/t8-/m0/s1. The maximum absolute atomic E-state index is 13.8. The molecule has 0 saturated carbocycles. The van der Waals surface area contributed by atoms with Crippen LogP contribution in [0.3, 0.4) is 0 Å². The third-order valence-electron chi connectivity index (χ3n) is 2.82. The van der Waals surface area contributed by atoms with Crippen molar-refractivity contribution >= 4 is 11.6 Å². The van der Waals surface area contributed by atoms with Gasteiger partial charge in [-0.1, -0.05) is 12.1 Å². The van der Waals surface area contributed by atoms with Gasteiger partial charge in [-0.2, -0.15) is 0 Å². The van der Waals surface area contributed by atoms with E-state index in [9.17, 15) is 14.3 Å². The van der Waals surface area contributed by atoms with E-state index in [2.05, 4.69) is 5.32 Å². The molecule has 0 bridgehead atoms. The Morgan fingerprint density at radius 1 is 1.53 bits per heavy atom. The summed E-state index contributed by atoms with van der Waals surface area (Å²) in [5.41, 5.74) is 0.844. The first-order valence-electron chi connectivity index (χ1n) is 5.57. The number of amides is 1. The number of benzene rings is 1. The molecule has 2 N–H and O–H groups in total. The van der Waals surface area contributed by atoms with E-state index in [-0.39, 0.29) is 12.5 Å². The minimum atomic E-state index is -0.759. The highest BCUT2D eigenvalue weighted by Gasteiger charge is 2.23. The van der Waals surface area contributed by atoms with Crippen molar-refractivity contribution in [2.24, 2.45) is 0 Å². The maximum Gasteiger partial charge on any atom is 0.239 e. The van der Waals surface area contributed by atoms with Crippen LogP contribution < -0.4 is 10.2 Å². The number of para-hydroxylation sites is 1. The lowest BCUT2D eigenvalue weighted by Gasteiger charge is -2.31. The predicted molar refractivity (Wildman–Crippen MR) is 62.3 cm³/mol. The Hall–Kier alpha value is -1.62. The summed E-state index contributed by atoms with van der Waals surface area (Å²) in [6.07, 6.45) is -0.759. The Morgan fingerprint density at radius 3 is 2.94 bits per heavy atom. The highest BCUT2D eigenvalue weighted by Crippen LogP contribution is 2.29. The van der Waals surface area contributed by atoms with Crippen LogP contribution in [0.2, 0.25) is 0 Å². The van der Waals surface area contributed by atoms with Crippen LogP contribution in [0.15, 0.2) is 18.2 Å². The third-order valence-corrected chi connectivity index (χ3v) is 2.82. The minimum Gasteiger partial charge on any atom is -0.389 e. The number of aliphatic hydroxyl groups is 1. The van der Waals surface area contributed by atoms with Crippen LogP contribution in [0.4, 0.5) is 10.1 Å². The highest BCUT2D eigenvalue weighted by atomic mass is 19.1. The average molecular weight is 238 g/mol. The molecule has 1 aliphatic rings. The number of halogens is 1. The van der Waals surface area contributed by atoms with E-state index in [4.69, 9.17) is 0 Å². The second-order valence-electron chi connectivity index (χ2n) is 4.13. The zero-order valence-electron chi connectivity index (χ0n) is 9.61. The fourth-order valence-corrected chi connectivity index (χ4v) is 2.03. The molecule has 1 fully saturated rings. The molecule has 1 amide bonds. The number of carbonyl (C=O) groups excluding carboxylic acids is 1. The normalized spacial score (nSPS) is 17.8. The summed E-state index contributed by atoms with van der Waals surface area (Å²) < 4.78 is 13.8. The number of rotatable bonds is 2. The number of nitrogens with one attached hydrogen (secondary N) is 1. The highest BCUT2D eigenvalue weighted by molar-refractivity contribution is 5.83. The molecule has 1 saturated heterocycles. The van der Waals surface area contributed by atoms with Crippen molar-refractivity contribution in [3.63, 3.8) is 0 Å². The molecular weight excluding hydrogens is 223 g/mol. The number of piperazine rings is 1. The fraction of sp³-hybridized carbons (Fsp3) is 0.417. The van der Waals surface area contributed by atoms with Crippen LogP contribution in [0.25, 0.3) is 0 Å². The fourth-order valence-electron chi connectivity index (χ4n) is 2.03. The van der Waals surface area contributed by atoms with E-state index >= 15 is 0 Å². The molecule has 1 atom stereocenters. The first-order valence-corrected chi connectivity index (χ1v) is 5.57. The molecule has 0 aliphatic carbocycles. The molecule has 2 rings (SSSR count). The van der Waals surface area contributed by atoms with Gasteiger partial charge in [0.1, 0.15) is 5.82 Å². The number of hydrogen-bond acceptors (Lipinski definition) is 3. The van der Waals surface area contributed by atoms with Crippen molar-refractivity contribution in [3.8, 4) is 0 Å². The van der Waals surface area contributed by atoms with Gasteiger partial charge in [-0.3, -0.25) is 4.79 Å². The molecular formula is C12H15FN2O2. The second kappa shape index (κ2) is 4.71. The lowest BCUT2D eigenvalue weighted by atomic mass is 10.1. The number of nitrogens with zero attached hydrogens (tertiary/aromatic N) is 1. The third kappa shape index (κ3) is 2.39. The van der Waals surface area contributed by atoms with Gasteiger partial charge in [0.05, 0.1) is 18.3 Å². The molecule has 5 heteroatoms. The Morgan fingerprint density at radius 2 is 2.29 bits per heavy atom. The quantitative estimate of drug-likeness (QED) is 0.802. The van der Waals surface area contributed by atoms with Crippen molar-refractivity contribution < 1.29 is 14.3 Å². The van der Waals surface area contributed by atoms with E-state index in [0.717, 1.165) is 0 Å². The smallest absolute Gasteiger partial charge is 0.239 e. The number of anilines is 1. The van der Waals surface area contributed by atoms with E-state index in [1.165, 1.54) is 6.07 Å². The van der Waals surface area contributed by atoms with E-state index < -0.39 is 11.9 Å². The van der Waals surface area contributed by atoms with Crippen LogP contribution in [0.5, 0.6) is 0 Å². The Bertz CT molecular complexity index is 435. The monoisotopic (exact) mass is 238 g/mol. The molecule has 0 radical (unpaired) electrons. The second-order valence-corrected chi connectivity index (χ2v) is 4.13. The molecule has 1 aromatic carbocycles. The summed E-state index contributed by atoms with van der Waals surface area (Å²) in [6.45, 7) is 2.75. The zero-order chi connectivity index (χ0) is 12.4. The molecule has 1 aromatic rings.